The minimum absolute atomic E-state index is 0.00272. The third kappa shape index (κ3) is 3.84. The molecule has 8 nitrogen and oxygen atoms in total. The number of hydrogen-bond donors (Lipinski definition) is 1. The molecule has 2 heterocycles. The molecule has 0 aromatic heterocycles. The Bertz CT molecular complexity index is 654. The summed E-state index contributed by atoms with van der Waals surface area (Å²) in [6, 6.07) is 6.95. The van der Waals surface area contributed by atoms with Crippen LogP contribution in [0.25, 0.3) is 0 Å². The summed E-state index contributed by atoms with van der Waals surface area (Å²) in [7, 11) is 1.60. The number of ether oxygens (including phenoxy) is 2. The van der Waals surface area contributed by atoms with E-state index in [1.54, 1.807) is 12.0 Å². The zero-order valence-electron chi connectivity index (χ0n) is 14.1. The summed E-state index contributed by atoms with van der Waals surface area (Å²) < 4.78 is 11.3. The summed E-state index contributed by atoms with van der Waals surface area (Å²) in [6.45, 7) is 0.814. The number of rotatable bonds is 5. The maximum absolute atomic E-state index is 12.3. The molecule has 25 heavy (non-hydrogen) atoms. The maximum atomic E-state index is 12.3. The highest BCUT2D eigenvalue weighted by Gasteiger charge is 2.33. The minimum Gasteiger partial charge on any atom is -0.493 e. The van der Waals surface area contributed by atoms with Crippen LogP contribution in [-0.4, -0.2) is 67.0 Å². The first kappa shape index (κ1) is 17.1. The van der Waals surface area contributed by atoms with Gasteiger partial charge in [-0.25, -0.2) is 4.79 Å². The highest BCUT2D eigenvalue weighted by Crippen LogP contribution is 2.28. The third-order valence-corrected chi connectivity index (χ3v) is 4.39. The van der Waals surface area contributed by atoms with Crippen molar-refractivity contribution in [2.24, 2.45) is 0 Å². The summed E-state index contributed by atoms with van der Waals surface area (Å²) in [5, 5.41) is 2.41. The van der Waals surface area contributed by atoms with Crippen LogP contribution in [0.5, 0.6) is 11.5 Å². The van der Waals surface area contributed by atoms with E-state index in [2.05, 4.69) is 5.32 Å². The molecule has 3 rings (SSSR count). The summed E-state index contributed by atoms with van der Waals surface area (Å²) in [4.78, 5) is 38.0. The van der Waals surface area contributed by atoms with Gasteiger partial charge in [0, 0.05) is 25.9 Å². The number of imide groups is 1. The second kappa shape index (κ2) is 7.42. The van der Waals surface area contributed by atoms with E-state index in [1.165, 1.54) is 0 Å². The number of methoxy groups -OCH3 is 1. The van der Waals surface area contributed by atoms with Crippen LogP contribution >= 0.6 is 0 Å². The van der Waals surface area contributed by atoms with Crippen molar-refractivity contribution in [1.29, 1.82) is 0 Å². The van der Waals surface area contributed by atoms with Crippen LogP contribution in [0.2, 0.25) is 0 Å². The van der Waals surface area contributed by atoms with Crippen molar-refractivity contribution in [3.05, 3.63) is 24.3 Å². The van der Waals surface area contributed by atoms with Gasteiger partial charge in [-0.1, -0.05) is 12.1 Å². The van der Waals surface area contributed by atoms with E-state index in [0.717, 1.165) is 4.90 Å². The normalized spacial score (nSPS) is 18.3. The number of piperidine rings is 1. The highest BCUT2D eigenvalue weighted by molar-refractivity contribution is 6.04. The first-order valence-electron chi connectivity index (χ1n) is 8.24. The molecule has 0 bridgehead atoms. The van der Waals surface area contributed by atoms with E-state index in [9.17, 15) is 14.4 Å². The van der Waals surface area contributed by atoms with Gasteiger partial charge in [0.25, 0.3) is 5.91 Å². The van der Waals surface area contributed by atoms with Gasteiger partial charge in [0.15, 0.2) is 11.5 Å². The van der Waals surface area contributed by atoms with Crippen LogP contribution in [0.4, 0.5) is 4.79 Å². The molecule has 0 atom stereocenters. The predicted octanol–water partition coefficient (Wildman–Crippen LogP) is 0.617. The molecule has 0 saturated carbocycles. The van der Waals surface area contributed by atoms with Gasteiger partial charge in [-0.3, -0.25) is 14.5 Å². The fraction of sp³-hybridized carbons (Fsp3) is 0.471. The molecule has 2 aliphatic rings. The lowest BCUT2D eigenvalue weighted by Crippen LogP contribution is -2.47. The fourth-order valence-electron chi connectivity index (χ4n) is 2.97. The average molecular weight is 347 g/mol. The van der Waals surface area contributed by atoms with Crippen LogP contribution in [0.15, 0.2) is 24.3 Å². The third-order valence-electron chi connectivity index (χ3n) is 4.39. The second-order valence-electron chi connectivity index (χ2n) is 5.99. The van der Waals surface area contributed by atoms with Gasteiger partial charge in [0.2, 0.25) is 5.91 Å². The number of likely N-dealkylation sites (tertiary alicyclic amines) is 1. The molecule has 2 aliphatic heterocycles. The maximum Gasteiger partial charge on any atom is 0.325 e. The monoisotopic (exact) mass is 347 g/mol. The summed E-state index contributed by atoms with van der Waals surface area (Å²) in [6.07, 6.45) is 1.37. The van der Waals surface area contributed by atoms with Gasteiger partial charge in [0.05, 0.1) is 13.7 Å². The number of urea groups is 1. The average Bonchev–Trinajstić information content (AvgIpc) is 2.94. The van der Waals surface area contributed by atoms with Crippen molar-refractivity contribution in [3.8, 4) is 11.5 Å². The molecule has 1 aromatic rings. The van der Waals surface area contributed by atoms with Gasteiger partial charge in [-0.2, -0.15) is 0 Å². The number of carbonyl (C=O) groups is 3. The molecular weight excluding hydrogens is 326 g/mol. The molecule has 0 spiro atoms. The van der Waals surface area contributed by atoms with Crippen molar-refractivity contribution < 1.29 is 23.9 Å². The first-order valence-corrected chi connectivity index (χ1v) is 8.24. The molecule has 8 heteroatoms. The number of nitrogens with zero attached hydrogens (tertiary/aromatic N) is 2. The van der Waals surface area contributed by atoms with Gasteiger partial charge in [0.1, 0.15) is 12.6 Å². The smallest absolute Gasteiger partial charge is 0.325 e. The van der Waals surface area contributed by atoms with Gasteiger partial charge >= 0.3 is 6.03 Å². The molecule has 4 amide bonds. The van der Waals surface area contributed by atoms with E-state index in [-0.39, 0.29) is 31.0 Å². The van der Waals surface area contributed by atoms with E-state index >= 15 is 0 Å². The number of amides is 4. The van der Waals surface area contributed by atoms with E-state index in [1.807, 2.05) is 24.3 Å². The van der Waals surface area contributed by atoms with E-state index < -0.39 is 6.03 Å². The lowest BCUT2D eigenvalue weighted by Gasteiger charge is -2.33. The van der Waals surface area contributed by atoms with E-state index in [4.69, 9.17) is 9.47 Å². The highest BCUT2D eigenvalue weighted by atomic mass is 16.5. The first-order chi connectivity index (χ1) is 12.1. The minimum atomic E-state index is -0.507. The van der Waals surface area contributed by atoms with Crippen LogP contribution in [0.1, 0.15) is 12.8 Å². The number of carbonyl (C=O) groups excluding carboxylic acids is 3. The zero-order chi connectivity index (χ0) is 17.8. The molecule has 1 N–H and O–H groups in total. The lowest BCUT2D eigenvalue weighted by molar-refractivity contribution is -0.137. The summed E-state index contributed by atoms with van der Waals surface area (Å²) >= 11 is 0. The van der Waals surface area contributed by atoms with Crippen LogP contribution < -0.4 is 14.8 Å². The molecule has 2 fully saturated rings. The van der Waals surface area contributed by atoms with Crippen LogP contribution in [-0.2, 0) is 9.59 Å². The number of nitrogens with one attached hydrogen (secondary N) is 1. The molecule has 1 aromatic carbocycles. The standard InChI is InChI=1S/C17H21N3O5/c1-24-13-4-2-3-5-14(13)25-12-6-8-19(9-7-12)16(22)11-20-15(21)10-18-17(20)23/h2-5,12H,6-11H2,1H3,(H,18,23). The molecule has 0 unspecified atom stereocenters. The Morgan fingerprint density at radius 1 is 1.20 bits per heavy atom. The largest absolute Gasteiger partial charge is 0.493 e. The van der Waals surface area contributed by atoms with Gasteiger partial charge in [-0.05, 0) is 12.1 Å². The number of para-hydroxylation sites is 2. The molecule has 2 saturated heterocycles. The zero-order valence-corrected chi connectivity index (χ0v) is 14.1. The quantitative estimate of drug-likeness (QED) is 0.789. The van der Waals surface area contributed by atoms with Crippen LogP contribution in [0.3, 0.4) is 0 Å². The Morgan fingerprint density at radius 2 is 1.88 bits per heavy atom. The Balaban J connectivity index is 1.50. The van der Waals surface area contributed by atoms with Gasteiger partial charge < -0.3 is 19.7 Å². The van der Waals surface area contributed by atoms with Crippen molar-refractivity contribution >= 4 is 17.8 Å². The molecular formula is C17H21N3O5. The topological polar surface area (TPSA) is 88.2 Å². The lowest BCUT2D eigenvalue weighted by atomic mass is 10.1. The fourth-order valence-corrected chi connectivity index (χ4v) is 2.97. The Kier molecular flexibility index (Phi) is 5.06. The van der Waals surface area contributed by atoms with E-state index in [0.29, 0.717) is 37.4 Å². The van der Waals surface area contributed by atoms with Crippen molar-refractivity contribution in [1.82, 2.24) is 15.1 Å². The summed E-state index contributed by atoms with van der Waals surface area (Å²) in [5.41, 5.74) is 0. The van der Waals surface area contributed by atoms with Gasteiger partial charge in [-0.15, -0.1) is 0 Å². The molecule has 134 valence electrons. The number of hydrogen-bond acceptors (Lipinski definition) is 5. The second-order valence-corrected chi connectivity index (χ2v) is 5.99. The SMILES string of the molecule is COc1ccccc1OC1CCN(C(=O)CN2C(=O)CNC2=O)CC1. The Labute approximate surface area is 145 Å². The Hall–Kier alpha value is -2.77. The van der Waals surface area contributed by atoms with Crippen molar-refractivity contribution in [2.45, 2.75) is 18.9 Å². The summed E-state index contributed by atoms with van der Waals surface area (Å²) in [5.74, 6) is 0.780. The molecule has 0 radical (unpaired) electrons. The predicted molar refractivity (Wildman–Crippen MR) is 88.3 cm³/mol. The Morgan fingerprint density at radius 3 is 2.48 bits per heavy atom. The molecule has 0 aliphatic carbocycles. The van der Waals surface area contributed by atoms with Crippen molar-refractivity contribution in [2.75, 3.05) is 33.3 Å². The van der Waals surface area contributed by atoms with Crippen LogP contribution in [0, 0.1) is 0 Å². The van der Waals surface area contributed by atoms with Crippen molar-refractivity contribution in [3.63, 3.8) is 0 Å². The number of benzene rings is 1.